The number of fused-ring (bicyclic) bond motifs is 1. The largest absolute Gasteiger partial charge is 0.376 e. The number of piperidine rings is 2. The summed E-state index contributed by atoms with van der Waals surface area (Å²) in [6.45, 7) is 4.97. The second-order valence-electron chi connectivity index (χ2n) is 9.74. The van der Waals surface area contributed by atoms with Crippen LogP contribution in [-0.4, -0.2) is 61.0 Å². The Balaban J connectivity index is 1.13. The van der Waals surface area contributed by atoms with Crippen molar-refractivity contribution in [3.05, 3.63) is 34.9 Å². The number of nitrogens with zero attached hydrogens (tertiary/aromatic N) is 1. The molecule has 0 aromatic heterocycles. The quantitative estimate of drug-likeness (QED) is 0.593. The zero-order chi connectivity index (χ0) is 22.1. The molecule has 3 amide bonds. The van der Waals surface area contributed by atoms with Crippen LogP contribution in [0.1, 0.15) is 60.0 Å². The number of rotatable bonds is 5. The summed E-state index contributed by atoms with van der Waals surface area (Å²) >= 11 is 0. The topological polar surface area (TPSA) is 99.8 Å². The van der Waals surface area contributed by atoms with Gasteiger partial charge in [-0.05, 0) is 67.8 Å². The number of imide groups is 1. The second kappa shape index (κ2) is 8.92. The number of ether oxygens (including phenoxy) is 1. The molecule has 5 rings (SSSR count). The predicted octanol–water partition coefficient (Wildman–Crippen LogP) is 1.09. The van der Waals surface area contributed by atoms with Crippen LogP contribution in [-0.2, 0) is 27.4 Å². The van der Waals surface area contributed by atoms with Crippen molar-refractivity contribution in [3.8, 4) is 0 Å². The Bertz CT molecular complexity index is 901. The van der Waals surface area contributed by atoms with E-state index in [1.807, 2.05) is 18.2 Å². The summed E-state index contributed by atoms with van der Waals surface area (Å²) in [6, 6.07) is 5.38. The lowest BCUT2D eigenvalue weighted by Gasteiger charge is -2.43. The van der Waals surface area contributed by atoms with Gasteiger partial charge in [0.05, 0.1) is 12.7 Å². The molecule has 4 aliphatic heterocycles. The van der Waals surface area contributed by atoms with Crippen LogP contribution >= 0.6 is 0 Å². The first-order valence-electron chi connectivity index (χ1n) is 11.8. The van der Waals surface area contributed by atoms with Crippen LogP contribution in [0.25, 0.3) is 0 Å². The molecule has 1 aromatic carbocycles. The minimum atomic E-state index is -0.569. The van der Waals surface area contributed by atoms with E-state index in [1.54, 1.807) is 4.90 Å². The molecule has 4 heterocycles. The zero-order valence-corrected chi connectivity index (χ0v) is 18.5. The highest BCUT2D eigenvalue weighted by atomic mass is 16.5. The highest BCUT2D eigenvalue weighted by molar-refractivity contribution is 6.05. The molecule has 8 heteroatoms. The molecule has 0 aliphatic carbocycles. The molecule has 4 aliphatic rings. The van der Waals surface area contributed by atoms with Crippen LogP contribution in [0.5, 0.6) is 0 Å². The minimum Gasteiger partial charge on any atom is -0.376 e. The van der Waals surface area contributed by atoms with Crippen molar-refractivity contribution in [1.82, 2.24) is 20.9 Å². The summed E-state index contributed by atoms with van der Waals surface area (Å²) in [5.74, 6) is -0.765. The van der Waals surface area contributed by atoms with Gasteiger partial charge in [0.15, 0.2) is 0 Å². The van der Waals surface area contributed by atoms with E-state index in [0.717, 1.165) is 43.8 Å². The van der Waals surface area contributed by atoms with Gasteiger partial charge < -0.3 is 20.3 Å². The van der Waals surface area contributed by atoms with Gasteiger partial charge in [0, 0.05) is 31.6 Å². The van der Waals surface area contributed by atoms with E-state index in [0.29, 0.717) is 30.5 Å². The third-order valence-corrected chi connectivity index (χ3v) is 7.58. The lowest BCUT2D eigenvalue weighted by atomic mass is 9.74. The van der Waals surface area contributed by atoms with E-state index in [1.165, 1.54) is 19.3 Å². The van der Waals surface area contributed by atoms with Crippen LogP contribution < -0.4 is 16.0 Å². The maximum Gasteiger partial charge on any atom is 0.255 e. The molecule has 0 radical (unpaired) electrons. The Morgan fingerprint density at radius 2 is 1.97 bits per heavy atom. The number of carbonyl (C=O) groups excluding carboxylic acids is 3. The van der Waals surface area contributed by atoms with Gasteiger partial charge in [-0.25, -0.2) is 0 Å². The molecule has 8 nitrogen and oxygen atoms in total. The molecule has 1 spiro atoms. The van der Waals surface area contributed by atoms with Crippen molar-refractivity contribution in [3.63, 3.8) is 0 Å². The molecule has 3 N–H and O–H groups in total. The Morgan fingerprint density at radius 3 is 2.72 bits per heavy atom. The summed E-state index contributed by atoms with van der Waals surface area (Å²) in [7, 11) is 0. The summed E-state index contributed by atoms with van der Waals surface area (Å²) in [5, 5.41) is 9.28. The monoisotopic (exact) mass is 440 g/mol. The standard InChI is InChI=1S/C24H32N4O4/c29-21-4-3-20(22(30)27-21)28-14-17-2-1-16(11-19(17)23(28)31)12-26-13-18-5-6-24(15-32-18)7-9-25-10-8-24/h1-2,11,18,20,25-26H,3-10,12-15H2,(H,27,29,30). The van der Waals surface area contributed by atoms with E-state index in [2.05, 4.69) is 16.0 Å². The molecule has 0 bridgehead atoms. The smallest absolute Gasteiger partial charge is 0.255 e. The highest BCUT2D eigenvalue weighted by Gasteiger charge is 2.39. The fourth-order valence-corrected chi connectivity index (χ4v) is 5.52. The molecule has 3 saturated heterocycles. The molecule has 32 heavy (non-hydrogen) atoms. The van der Waals surface area contributed by atoms with Gasteiger partial charge in [-0.15, -0.1) is 0 Å². The van der Waals surface area contributed by atoms with Gasteiger partial charge in [-0.3, -0.25) is 19.7 Å². The van der Waals surface area contributed by atoms with Gasteiger partial charge >= 0.3 is 0 Å². The van der Waals surface area contributed by atoms with Crippen LogP contribution in [0, 0.1) is 5.41 Å². The summed E-state index contributed by atoms with van der Waals surface area (Å²) in [5.41, 5.74) is 3.03. The first kappa shape index (κ1) is 21.6. The lowest BCUT2D eigenvalue weighted by molar-refractivity contribution is -0.136. The first-order chi connectivity index (χ1) is 15.5. The zero-order valence-electron chi connectivity index (χ0n) is 18.5. The maximum absolute atomic E-state index is 13.0. The first-order valence-corrected chi connectivity index (χ1v) is 11.8. The van der Waals surface area contributed by atoms with Crippen molar-refractivity contribution in [1.29, 1.82) is 0 Å². The van der Waals surface area contributed by atoms with Crippen molar-refractivity contribution >= 4 is 17.7 Å². The average Bonchev–Trinajstić information content (AvgIpc) is 3.12. The van der Waals surface area contributed by atoms with E-state index >= 15 is 0 Å². The Hall–Kier alpha value is -2.29. The number of hydrogen-bond acceptors (Lipinski definition) is 6. The van der Waals surface area contributed by atoms with E-state index in [-0.39, 0.29) is 30.2 Å². The number of hydrogen-bond donors (Lipinski definition) is 3. The van der Waals surface area contributed by atoms with Gasteiger partial charge in [0.1, 0.15) is 6.04 Å². The Kier molecular flexibility index (Phi) is 6.01. The van der Waals surface area contributed by atoms with Gasteiger partial charge in [0.2, 0.25) is 11.8 Å². The average molecular weight is 441 g/mol. The molecule has 2 unspecified atom stereocenters. The van der Waals surface area contributed by atoms with Crippen LogP contribution in [0.3, 0.4) is 0 Å². The van der Waals surface area contributed by atoms with Crippen LogP contribution in [0.4, 0.5) is 0 Å². The van der Waals surface area contributed by atoms with Crippen molar-refractivity contribution in [2.75, 3.05) is 26.2 Å². The number of nitrogens with one attached hydrogen (secondary N) is 3. The highest BCUT2D eigenvalue weighted by Crippen LogP contribution is 2.38. The van der Waals surface area contributed by atoms with Gasteiger partial charge in [0.25, 0.3) is 5.91 Å². The fourth-order valence-electron chi connectivity index (χ4n) is 5.52. The summed E-state index contributed by atoms with van der Waals surface area (Å²) in [4.78, 5) is 38.2. The third kappa shape index (κ3) is 4.31. The number of carbonyl (C=O) groups is 3. The van der Waals surface area contributed by atoms with Crippen molar-refractivity contribution in [2.45, 2.75) is 63.8 Å². The molecule has 2 atom stereocenters. The van der Waals surface area contributed by atoms with Gasteiger partial charge in [-0.2, -0.15) is 0 Å². The van der Waals surface area contributed by atoms with Crippen LogP contribution in [0.15, 0.2) is 18.2 Å². The van der Waals surface area contributed by atoms with Crippen molar-refractivity contribution in [2.24, 2.45) is 5.41 Å². The molecular formula is C24H32N4O4. The van der Waals surface area contributed by atoms with Gasteiger partial charge in [-0.1, -0.05) is 12.1 Å². The minimum absolute atomic E-state index is 0.126. The molecule has 0 saturated carbocycles. The normalized spacial score (nSPS) is 27.5. The number of benzene rings is 1. The van der Waals surface area contributed by atoms with E-state index in [9.17, 15) is 14.4 Å². The number of amides is 3. The molecule has 1 aromatic rings. The fraction of sp³-hybridized carbons (Fsp3) is 0.625. The van der Waals surface area contributed by atoms with E-state index in [4.69, 9.17) is 4.74 Å². The maximum atomic E-state index is 13.0. The molecule has 172 valence electrons. The Morgan fingerprint density at radius 1 is 1.12 bits per heavy atom. The second-order valence-corrected chi connectivity index (χ2v) is 9.74. The lowest BCUT2D eigenvalue weighted by Crippen LogP contribution is -2.52. The predicted molar refractivity (Wildman–Crippen MR) is 118 cm³/mol. The molecule has 3 fully saturated rings. The third-order valence-electron chi connectivity index (χ3n) is 7.58. The summed E-state index contributed by atoms with van der Waals surface area (Å²) < 4.78 is 6.19. The Labute approximate surface area is 188 Å². The van der Waals surface area contributed by atoms with Crippen molar-refractivity contribution < 1.29 is 19.1 Å². The summed E-state index contributed by atoms with van der Waals surface area (Å²) in [6.07, 6.45) is 5.67. The molecular weight excluding hydrogens is 408 g/mol. The SMILES string of the molecule is O=C1CCC(N2Cc3ccc(CNCC4CCC5(CCNCC5)CO4)cc3C2=O)C(=O)N1. The van der Waals surface area contributed by atoms with Crippen LogP contribution in [0.2, 0.25) is 0 Å². The van der Waals surface area contributed by atoms with E-state index < -0.39 is 6.04 Å².